The third kappa shape index (κ3) is 3.79. The molecule has 0 spiro atoms. The molecule has 0 saturated carbocycles. The highest BCUT2D eigenvalue weighted by atomic mass is 16.7. The average Bonchev–Trinajstić information content (AvgIpc) is 3.20. The number of piperazine rings is 1. The Kier molecular flexibility index (Phi) is 4.78. The Morgan fingerprint density at radius 3 is 2.67 bits per heavy atom. The van der Waals surface area contributed by atoms with Gasteiger partial charge in [0.25, 0.3) is 5.91 Å². The van der Waals surface area contributed by atoms with E-state index in [1.54, 1.807) is 28.1 Å². The molecule has 2 amide bonds. The van der Waals surface area contributed by atoms with Gasteiger partial charge in [0.05, 0.1) is 5.56 Å². The number of fused-ring (bicyclic) bond motifs is 1. The van der Waals surface area contributed by atoms with Crippen LogP contribution in [0.4, 0.5) is 5.82 Å². The minimum atomic E-state index is -0.0598. The molecule has 2 aromatic rings. The fraction of sp³-hybridized carbons (Fsp3) is 0.316. The maximum Gasteiger partial charge on any atom is 0.255 e. The Balaban J connectivity index is 1.33. The number of pyridine rings is 1. The van der Waals surface area contributed by atoms with Crippen molar-refractivity contribution in [3.8, 4) is 11.5 Å². The van der Waals surface area contributed by atoms with E-state index in [0.29, 0.717) is 44.1 Å². The summed E-state index contributed by atoms with van der Waals surface area (Å²) in [4.78, 5) is 31.0. The summed E-state index contributed by atoms with van der Waals surface area (Å²) in [6, 6.07) is 9.35. The fourth-order valence-electron chi connectivity index (χ4n) is 3.08. The summed E-state index contributed by atoms with van der Waals surface area (Å²) < 4.78 is 10.7. The van der Waals surface area contributed by atoms with E-state index in [1.165, 1.54) is 0 Å². The number of amides is 2. The lowest BCUT2D eigenvalue weighted by Gasteiger charge is -2.32. The first-order chi connectivity index (χ1) is 13.2. The van der Waals surface area contributed by atoms with Crippen molar-refractivity contribution in [3.05, 3.63) is 47.7 Å². The van der Waals surface area contributed by atoms with E-state index in [4.69, 9.17) is 9.47 Å². The summed E-state index contributed by atoms with van der Waals surface area (Å²) in [5.74, 6) is 2.14. The van der Waals surface area contributed by atoms with Gasteiger partial charge in [-0.15, -0.1) is 0 Å². The zero-order valence-electron chi connectivity index (χ0n) is 14.8. The maximum atomic E-state index is 12.5. The molecule has 0 unspecified atom stereocenters. The van der Waals surface area contributed by atoms with Crippen molar-refractivity contribution in [2.45, 2.75) is 6.54 Å². The van der Waals surface area contributed by atoms with Crippen LogP contribution in [0.2, 0.25) is 0 Å². The lowest BCUT2D eigenvalue weighted by Crippen LogP contribution is -2.48. The lowest BCUT2D eigenvalue weighted by atomic mass is 10.2. The topological polar surface area (TPSA) is 84.0 Å². The van der Waals surface area contributed by atoms with Crippen molar-refractivity contribution < 1.29 is 19.1 Å². The third-order valence-electron chi connectivity index (χ3n) is 4.67. The van der Waals surface area contributed by atoms with E-state index >= 15 is 0 Å². The number of rotatable bonds is 5. The molecule has 8 nitrogen and oxygen atoms in total. The molecule has 3 heterocycles. The van der Waals surface area contributed by atoms with Crippen LogP contribution in [0, 0.1) is 0 Å². The highest BCUT2D eigenvalue weighted by Crippen LogP contribution is 2.32. The minimum Gasteiger partial charge on any atom is -0.454 e. The second-order valence-electron chi connectivity index (χ2n) is 6.41. The largest absolute Gasteiger partial charge is 0.454 e. The van der Waals surface area contributed by atoms with Crippen LogP contribution in [-0.4, -0.2) is 60.1 Å². The first-order valence-electron chi connectivity index (χ1n) is 8.80. The van der Waals surface area contributed by atoms with Gasteiger partial charge < -0.3 is 24.6 Å². The van der Waals surface area contributed by atoms with Crippen LogP contribution in [0.25, 0.3) is 0 Å². The van der Waals surface area contributed by atoms with Gasteiger partial charge in [0.2, 0.25) is 13.2 Å². The van der Waals surface area contributed by atoms with Gasteiger partial charge >= 0.3 is 0 Å². The van der Waals surface area contributed by atoms with Gasteiger partial charge in [-0.1, -0.05) is 6.07 Å². The van der Waals surface area contributed by atoms with Crippen LogP contribution in [0.3, 0.4) is 0 Å². The second kappa shape index (κ2) is 7.53. The molecule has 8 heteroatoms. The summed E-state index contributed by atoms with van der Waals surface area (Å²) in [6.07, 6.45) is 2.40. The van der Waals surface area contributed by atoms with Gasteiger partial charge in [-0.3, -0.25) is 9.59 Å². The predicted molar refractivity (Wildman–Crippen MR) is 97.7 cm³/mol. The van der Waals surface area contributed by atoms with Crippen molar-refractivity contribution >= 4 is 18.1 Å². The molecular weight excluding hydrogens is 348 g/mol. The summed E-state index contributed by atoms with van der Waals surface area (Å²) >= 11 is 0. The number of carbonyl (C=O) groups excluding carboxylic acids is 2. The van der Waals surface area contributed by atoms with Gasteiger partial charge in [0.1, 0.15) is 5.82 Å². The van der Waals surface area contributed by atoms with Crippen molar-refractivity contribution in [1.29, 1.82) is 0 Å². The standard InChI is InChI=1S/C19H20N4O4/c24-12-22-5-7-23(8-6-22)19(25)15-2-4-18(21-11-15)20-10-14-1-3-16-17(9-14)27-13-26-16/h1-4,9,11-12H,5-8,10,13H2,(H,20,21). The summed E-state index contributed by atoms with van der Waals surface area (Å²) in [5, 5.41) is 3.23. The molecule has 1 saturated heterocycles. The zero-order chi connectivity index (χ0) is 18.6. The van der Waals surface area contributed by atoms with Crippen LogP contribution < -0.4 is 14.8 Å². The number of hydrogen-bond acceptors (Lipinski definition) is 6. The Bertz CT molecular complexity index is 832. The smallest absolute Gasteiger partial charge is 0.255 e. The molecule has 0 radical (unpaired) electrons. The highest BCUT2D eigenvalue weighted by Gasteiger charge is 2.21. The fourth-order valence-corrected chi connectivity index (χ4v) is 3.08. The van der Waals surface area contributed by atoms with Crippen LogP contribution in [0.5, 0.6) is 11.5 Å². The molecule has 1 N–H and O–H groups in total. The molecule has 2 aliphatic rings. The van der Waals surface area contributed by atoms with Gasteiger partial charge in [-0.25, -0.2) is 4.98 Å². The first kappa shape index (κ1) is 17.1. The van der Waals surface area contributed by atoms with Crippen LogP contribution >= 0.6 is 0 Å². The molecule has 140 valence electrons. The quantitative estimate of drug-likeness (QED) is 0.802. The van der Waals surface area contributed by atoms with Gasteiger partial charge in [-0.2, -0.15) is 0 Å². The van der Waals surface area contributed by atoms with Crippen LogP contribution in [-0.2, 0) is 11.3 Å². The van der Waals surface area contributed by atoms with E-state index in [1.807, 2.05) is 18.2 Å². The van der Waals surface area contributed by atoms with E-state index < -0.39 is 0 Å². The normalized spacial score (nSPS) is 15.6. The SMILES string of the molecule is O=CN1CCN(C(=O)c2ccc(NCc3ccc4c(c3)OCO4)nc2)CC1. The molecule has 1 aromatic carbocycles. The number of aromatic nitrogens is 1. The molecule has 0 atom stereocenters. The Hall–Kier alpha value is -3.29. The number of nitrogens with one attached hydrogen (secondary N) is 1. The van der Waals surface area contributed by atoms with Gasteiger partial charge in [0, 0.05) is 38.9 Å². The Morgan fingerprint density at radius 1 is 1.11 bits per heavy atom. The number of benzene rings is 1. The Morgan fingerprint density at radius 2 is 1.93 bits per heavy atom. The number of carbonyl (C=O) groups is 2. The lowest BCUT2D eigenvalue weighted by molar-refractivity contribution is -0.119. The monoisotopic (exact) mass is 368 g/mol. The Labute approximate surface area is 156 Å². The third-order valence-corrected chi connectivity index (χ3v) is 4.67. The highest BCUT2D eigenvalue weighted by molar-refractivity contribution is 5.94. The van der Waals surface area contributed by atoms with Crippen molar-refractivity contribution in [3.63, 3.8) is 0 Å². The van der Waals surface area contributed by atoms with Crippen molar-refractivity contribution in [2.24, 2.45) is 0 Å². The number of ether oxygens (including phenoxy) is 2. The molecule has 0 aliphatic carbocycles. The maximum absolute atomic E-state index is 12.5. The zero-order valence-corrected chi connectivity index (χ0v) is 14.8. The van der Waals surface area contributed by atoms with Crippen LogP contribution in [0.1, 0.15) is 15.9 Å². The van der Waals surface area contributed by atoms with Gasteiger partial charge in [-0.05, 0) is 29.8 Å². The summed E-state index contributed by atoms with van der Waals surface area (Å²) in [6.45, 7) is 3.07. The number of anilines is 1. The first-order valence-corrected chi connectivity index (χ1v) is 8.80. The van der Waals surface area contributed by atoms with E-state index in [9.17, 15) is 9.59 Å². The molecule has 1 aromatic heterocycles. The van der Waals surface area contributed by atoms with Crippen LogP contribution in [0.15, 0.2) is 36.5 Å². The van der Waals surface area contributed by atoms with Gasteiger partial charge in [0.15, 0.2) is 11.5 Å². The van der Waals surface area contributed by atoms with Crippen molar-refractivity contribution in [1.82, 2.24) is 14.8 Å². The second-order valence-corrected chi connectivity index (χ2v) is 6.41. The minimum absolute atomic E-state index is 0.0598. The summed E-state index contributed by atoms with van der Waals surface area (Å²) in [5.41, 5.74) is 1.59. The number of hydrogen-bond donors (Lipinski definition) is 1. The predicted octanol–water partition coefficient (Wildman–Crippen LogP) is 1.34. The van der Waals surface area contributed by atoms with Crippen molar-refractivity contribution in [2.75, 3.05) is 38.3 Å². The molecule has 0 bridgehead atoms. The molecule has 4 rings (SSSR count). The molecule has 27 heavy (non-hydrogen) atoms. The van der Waals surface area contributed by atoms with E-state index in [2.05, 4.69) is 10.3 Å². The summed E-state index contributed by atoms with van der Waals surface area (Å²) in [7, 11) is 0. The number of nitrogens with zero attached hydrogens (tertiary/aromatic N) is 3. The van der Waals surface area contributed by atoms with E-state index in [-0.39, 0.29) is 12.7 Å². The average molecular weight is 368 g/mol. The molecule has 1 fully saturated rings. The molecule has 2 aliphatic heterocycles. The van der Waals surface area contributed by atoms with E-state index in [0.717, 1.165) is 23.5 Å². The molecular formula is C19H20N4O4.